The van der Waals surface area contributed by atoms with Crippen molar-refractivity contribution in [3.05, 3.63) is 35.9 Å². The first-order valence-corrected chi connectivity index (χ1v) is 5.09. The van der Waals surface area contributed by atoms with Gasteiger partial charge in [0.15, 0.2) is 12.2 Å². The molecular weight excluding hydrogens is 172 g/mol. The zero-order valence-electron chi connectivity index (χ0n) is 9.28. The highest BCUT2D eigenvalue weighted by Gasteiger charge is 2.14. The molecule has 2 heterocycles. The highest BCUT2D eigenvalue weighted by atomic mass is 15.0. The number of fused-ring (bicyclic) bond motifs is 1. The molecule has 0 atom stereocenters. The summed E-state index contributed by atoms with van der Waals surface area (Å²) in [6.45, 7) is 8.72. The maximum absolute atomic E-state index is 2.30. The predicted octanol–water partition coefficient (Wildman–Crippen LogP) is 2.42. The van der Waals surface area contributed by atoms with Crippen LogP contribution in [-0.4, -0.2) is 4.40 Å². The molecular formula is C12H17N2+. The van der Waals surface area contributed by atoms with Crippen LogP contribution in [0, 0.1) is 13.8 Å². The van der Waals surface area contributed by atoms with E-state index >= 15 is 0 Å². The zero-order valence-corrected chi connectivity index (χ0v) is 9.28. The van der Waals surface area contributed by atoms with Crippen molar-refractivity contribution < 1.29 is 4.57 Å². The number of hydrogen-bond acceptors (Lipinski definition) is 0. The number of hydrogen-bond donors (Lipinski definition) is 0. The van der Waals surface area contributed by atoms with Gasteiger partial charge in [0, 0.05) is 12.6 Å². The van der Waals surface area contributed by atoms with Crippen molar-refractivity contribution in [3.8, 4) is 0 Å². The minimum absolute atomic E-state index is 0.523. The van der Waals surface area contributed by atoms with Gasteiger partial charge in [0.2, 0.25) is 5.69 Å². The second-order valence-electron chi connectivity index (χ2n) is 4.11. The Balaban J connectivity index is 2.76. The molecule has 14 heavy (non-hydrogen) atoms. The molecule has 0 bridgehead atoms. The fourth-order valence-corrected chi connectivity index (χ4v) is 1.98. The fraction of sp³-hybridized carbons (Fsp3) is 0.417. The summed E-state index contributed by atoms with van der Waals surface area (Å²) in [5, 5.41) is 0. The molecule has 0 amide bonds. The smallest absolute Gasteiger partial charge is 0.202 e. The van der Waals surface area contributed by atoms with Crippen molar-refractivity contribution >= 4 is 5.52 Å². The van der Waals surface area contributed by atoms with Crippen LogP contribution in [-0.2, 0) is 0 Å². The van der Waals surface area contributed by atoms with Crippen LogP contribution < -0.4 is 4.57 Å². The molecule has 0 spiro atoms. The predicted molar refractivity (Wildman–Crippen MR) is 57.5 cm³/mol. The van der Waals surface area contributed by atoms with Gasteiger partial charge in [-0.3, -0.25) is 0 Å². The fourth-order valence-electron chi connectivity index (χ4n) is 1.98. The molecule has 2 aromatic heterocycles. The van der Waals surface area contributed by atoms with E-state index in [2.05, 4.69) is 61.2 Å². The quantitative estimate of drug-likeness (QED) is 0.609. The van der Waals surface area contributed by atoms with E-state index in [9.17, 15) is 0 Å². The highest BCUT2D eigenvalue weighted by molar-refractivity contribution is 5.51. The van der Waals surface area contributed by atoms with Crippen LogP contribution in [0.2, 0.25) is 0 Å². The molecule has 0 fully saturated rings. The van der Waals surface area contributed by atoms with Crippen molar-refractivity contribution in [2.75, 3.05) is 0 Å². The molecule has 0 saturated carbocycles. The Morgan fingerprint density at radius 2 is 1.93 bits per heavy atom. The monoisotopic (exact) mass is 189 g/mol. The highest BCUT2D eigenvalue weighted by Crippen LogP contribution is 2.11. The minimum atomic E-state index is 0.523. The van der Waals surface area contributed by atoms with Gasteiger partial charge in [-0.05, 0) is 32.9 Å². The van der Waals surface area contributed by atoms with Gasteiger partial charge < -0.3 is 4.40 Å². The first kappa shape index (κ1) is 9.25. The summed E-state index contributed by atoms with van der Waals surface area (Å²) in [5.74, 6) is 0. The van der Waals surface area contributed by atoms with Crippen molar-refractivity contribution in [2.24, 2.45) is 0 Å². The van der Waals surface area contributed by atoms with Gasteiger partial charge in [-0.1, -0.05) is 0 Å². The van der Waals surface area contributed by atoms with Crippen LogP contribution in [0.15, 0.2) is 24.5 Å². The van der Waals surface area contributed by atoms with Crippen LogP contribution in [0.1, 0.15) is 31.3 Å². The first-order chi connectivity index (χ1) is 6.61. The molecule has 2 rings (SSSR count). The summed E-state index contributed by atoms with van der Waals surface area (Å²) in [7, 11) is 0. The first-order valence-electron chi connectivity index (χ1n) is 5.09. The Morgan fingerprint density at radius 3 is 2.57 bits per heavy atom. The number of nitrogens with zero attached hydrogens (tertiary/aromatic N) is 2. The number of aryl methyl sites for hydroxylation is 2. The zero-order chi connectivity index (χ0) is 10.3. The SMILES string of the molecule is Cc1ccc2c(C)[n+](C(C)C)ccn12. The van der Waals surface area contributed by atoms with Crippen molar-refractivity contribution in [2.45, 2.75) is 33.7 Å². The van der Waals surface area contributed by atoms with Crippen LogP contribution >= 0.6 is 0 Å². The van der Waals surface area contributed by atoms with Crippen LogP contribution in [0.4, 0.5) is 0 Å². The lowest BCUT2D eigenvalue weighted by Crippen LogP contribution is -2.39. The lowest BCUT2D eigenvalue weighted by molar-refractivity contribution is -0.721. The summed E-state index contributed by atoms with van der Waals surface area (Å²) in [6, 6.07) is 4.87. The Kier molecular flexibility index (Phi) is 2.06. The van der Waals surface area contributed by atoms with Gasteiger partial charge >= 0.3 is 0 Å². The molecule has 2 aromatic rings. The van der Waals surface area contributed by atoms with E-state index in [-0.39, 0.29) is 0 Å². The number of rotatable bonds is 1. The summed E-state index contributed by atoms with van der Waals surface area (Å²) in [4.78, 5) is 0. The van der Waals surface area contributed by atoms with Crippen molar-refractivity contribution in [1.82, 2.24) is 4.40 Å². The van der Waals surface area contributed by atoms with Gasteiger partial charge in [-0.2, -0.15) is 4.57 Å². The maximum Gasteiger partial charge on any atom is 0.202 e. The van der Waals surface area contributed by atoms with Gasteiger partial charge in [0.1, 0.15) is 5.52 Å². The van der Waals surface area contributed by atoms with E-state index in [4.69, 9.17) is 0 Å². The molecule has 0 aliphatic rings. The third-order valence-corrected chi connectivity index (χ3v) is 2.81. The molecule has 0 unspecified atom stereocenters. The molecule has 0 saturated heterocycles. The molecule has 74 valence electrons. The summed E-state index contributed by atoms with van der Waals surface area (Å²) in [6.07, 6.45) is 4.29. The van der Waals surface area contributed by atoms with E-state index < -0.39 is 0 Å². The van der Waals surface area contributed by atoms with Gasteiger partial charge in [-0.15, -0.1) is 0 Å². The van der Waals surface area contributed by atoms with Gasteiger partial charge in [-0.25, -0.2) is 0 Å². The normalized spacial score (nSPS) is 11.5. The summed E-state index contributed by atoms with van der Waals surface area (Å²) >= 11 is 0. The molecule has 2 heteroatoms. The summed E-state index contributed by atoms with van der Waals surface area (Å²) < 4.78 is 4.53. The lowest BCUT2D eigenvalue weighted by atomic mass is 10.3. The summed E-state index contributed by atoms with van der Waals surface area (Å²) in [5.41, 5.74) is 3.92. The van der Waals surface area contributed by atoms with Gasteiger partial charge in [0.05, 0.1) is 6.20 Å². The second-order valence-corrected chi connectivity index (χ2v) is 4.11. The van der Waals surface area contributed by atoms with E-state index in [1.807, 2.05) is 0 Å². The third kappa shape index (κ3) is 1.22. The minimum Gasteiger partial charge on any atom is -0.310 e. The Hall–Kier alpha value is -1.31. The largest absolute Gasteiger partial charge is 0.310 e. The van der Waals surface area contributed by atoms with E-state index in [1.54, 1.807) is 0 Å². The average molecular weight is 189 g/mol. The molecule has 0 aliphatic carbocycles. The van der Waals surface area contributed by atoms with Crippen LogP contribution in [0.25, 0.3) is 5.52 Å². The Bertz CT molecular complexity index is 466. The lowest BCUT2D eigenvalue weighted by Gasteiger charge is -2.06. The van der Waals surface area contributed by atoms with Crippen molar-refractivity contribution in [3.63, 3.8) is 0 Å². The Labute approximate surface area is 84.8 Å². The molecule has 0 radical (unpaired) electrons. The number of aromatic nitrogens is 2. The average Bonchev–Trinajstić information content (AvgIpc) is 2.49. The topological polar surface area (TPSA) is 8.29 Å². The maximum atomic E-state index is 2.30. The Morgan fingerprint density at radius 1 is 1.21 bits per heavy atom. The second kappa shape index (κ2) is 3.12. The third-order valence-electron chi connectivity index (χ3n) is 2.81. The standard InChI is InChI=1S/C12H17N2/c1-9(2)13-7-8-14-10(3)5-6-12(14)11(13)4/h5-9H,1-4H3/q+1. The van der Waals surface area contributed by atoms with Crippen molar-refractivity contribution in [1.29, 1.82) is 0 Å². The van der Waals surface area contributed by atoms with Crippen LogP contribution in [0.3, 0.4) is 0 Å². The molecule has 2 nitrogen and oxygen atoms in total. The van der Waals surface area contributed by atoms with Crippen LogP contribution in [0.5, 0.6) is 0 Å². The van der Waals surface area contributed by atoms with E-state index in [0.29, 0.717) is 6.04 Å². The molecule has 0 aliphatic heterocycles. The van der Waals surface area contributed by atoms with Gasteiger partial charge in [0.25, 0.3) is 0 Å². The molecule has 0 aromatic carbocycles. The molecule has 0 N–H and O–H groups in total. The van der Waals surface area contributed by atoms with E-state index in [1.165, 1.54) is 16.9 Å². The van der Waals surface area contributed by atoms with E-state index in [0.717, 1.165) is 0 Å².